The van der Waals surface area contributed by atoms with E-state index in [0.29, 0.717) is 0 Å². The van der Waals surface area contributed by atoms with E-state index in [1.54, 1.807) is 6.26 Å². The first-order valence-electron chi connectivity index (χ1n) is 5.01. The Labute approximate surface area is 85.6 Å². The summed E-state index contributed by atoms with van der Waals surface area (Å²) < 4.78 is 5.44. The zero-order chi connectivity index (χ0) is 10.4. The maximum Gasteiger partial charge on any atom is 0.131 e. The van der Waals surface area contributed by atoms with Crippen molar-refractivity contribution in [2.75, 3.05) is 0 Å². The molecule has 0 fully saturated rings. The van der Waals surface area contributed by atoms with Gasteiger partial charge in [-0.25, -0.2) is 0 Å². The summed E-state index contributed by atoms with van der Waals surface area (Å²) in [5.74, 6) is 0.946. The van der Waals surface area contributed by atoms with Crippen LogP contribution in [0, 0.1) is 0 Å². The van der Waals surface area contributed by atoms with Gasteiger partial charge in [0.2, 0.25) is 0 Å². The van der Waals surface area contributed by atoms with E-state index in [1.807, 2.05) is 39.0 Å². The van der Waals surface area contributed by atoms with Gasteiger partial charge in [-0.15, -0.1) is 0 Å². The van der Waals surface area contributed by atoms with E-state index in [-0.39, 0.29) is 0 Å². The standard InChI is InChI=1S/C10H11NO.C2H6/c1-8-7-12-10-5-3-2-4-9(10)6-11-8;1-2/h2-5,7,11H,6H2,1H3;1-2H3. The first-order chi connectivity index (χ1) is 6.86. The van der Waals surface area contributed by atoms with Crippen molar-refractivity contribution in [3.63, 3.8) is 0 Å². The Kier molecular flexibility index (Phi) is 4.05. The molecule has 1 aromatic rings. The molecule has 0 atom stereocenters. The number of rotatable bonds is 0. The Balaban J connectivity index is 0.000000461. The monoisotopic (exact) mass is 191 g/mol. The van der Waals surface area contributed by atoms with Gasteiger partial charge in [-0.05, 0) is 13.0 Å². The van der Waals surface area contributed by atoms with Crippen LogP contribution in [0.2, 0.25) is 0 Å². The van der Waals surface area contributed by atoms with Crippen LogP contribution in [0.3, 0.4) is 0 Å². The number of ether oxygens (including phenoxy) is 1. The summed E-state index contributed by atoms with van der Waals surface area (Å²) in [6, 6.07) is 8.04. The molecule has 1 heterocycles. The van der Waals surface area contributed by atoms with Crippen LogP contribution in [0.15, 0.2) is 36.2 Å². The summed E-state index contributed by atoms with van der Waals surface area (Å²) in [7, 11) is 0. The highest BCUT2D eigenvalue weighted by atomic mass is 16.5. The number of para-hydroxylation sites is 1. The average Bonchev–Trinajstić information content (AvgIpc) is 2.45. The lowest BCUT2D eigenvalue weighted by atomic mass is 10.2. The molecule has 1 aliphatic rings. The van der Waals surface area contributed by atoms with Gasteiger partial charge in [0.15, 0.2) is 0 Å². The number of allylic oxidation sites excluding steroid dienone is 1. The van der Waals surface area contributed by atoms with Crippen molar-refractivity contribution in [1.29, 1.82) is 0 Å². The third-order valence-corrected chi connectivity index (χ3v) is 1.89. The molecule has 0 unspecified atom stereocenters. The van der Waals surface area contributed by atoms with Gasteiger partial charge >= 0.3 is 0 Å². The van der Waals surface area contributed by atoms with E-state index >= 15 is 0 Å². The summed E-state index contributed by atoms with van der Waals surface area (Å²) in [5.41, 5.74) is 2.26. The summed E-state index contributed by atoms with van der Waals surface area (Å²) in [6.45, 7) is 6.84. The summed E-state index contributed by atoms with van der Waals surface area (Å²) in [5, 5.41) is 3.24. The average molecular weight is 191 g/mol. The molecule has 0 radical (unpaired) electrons. The topological polar surface area (TPSA) is 21.3 Å². The van der Waals surface area contributed by atoms with Crippen molar-refractivity contribution in [1.82, 2.24) is 5.32 Å². The first kappa shape index (κ1) is 10.6. The molecule has 0 saturated carbocycles. The number of hydrogen-bond donors (Lipinski definition) is 1. The highest BCUT2D eigenvalue weighted by Gasteiger charge is 2.05. The van der Waals surface area contributed by atoms with Crippen molar-refractivity contribution in [2.45, 2.75) is 27.3 Å². The predicted molar refractivity (Wildman–Crippen MR) is 59.0 cm³/mol. The molecule has 2 rings (SSSR count). The molecule has 14 heavy (non-hydrogen) atoms. The van der Waals surface area contributed by atoms with Gasteiger partial charge < -0.3 is 10.1 Å². The maximum atomic E-state index is 5.44. The number of benzene rings is 1. The van der Waals surface area contributed by atoms with E-state index in [1.165, 1.54) is 5.56 Å². The highest BCUT2D eigenvalue weighted by Crippen LogP contribution is 2.20. The Morgan fingerprint density at radius 3 is 2.71 bits per heavy atom. The zero-order valence-corrected chi connectivity index (χ0v) is 9.00. The molecule has 76 valence electrons. The van der Waals surface area contributed by atoms with Crippen molar-refractivity contribution in [2.24, 2.45) is 0 Å². The number of fused-ring (bicyclic) bond motifs is 1. The SMILES string of the molecule is CC.CC1=COc2ccccc2CN1. The predicted octanol–water partition coefficient (Wildman–Crippen LogP) is 3.06. The van der Waals surface area contributed by atoms with Crippen LogP contribution in [-0.2, 0) is 6.54 Å². The minimum absolute atomic E-state index is 0.846. The second-order valence-electron chi connectivity index (χ2n) is 2.88. The quantitative estimate of drug-likeness (QED) is 0.680. The molecule has 0 aliphatic carbocycles. The van der Waals surface area contributed by atoms with Crippen LogP contribution in [0.5, 0.6) is 5.75 Å². The van der Waals surface area contributed by atoms with Crippen LogP contribution in [-0.4, -0.2) is 0 Å². The Morgan fingerprint density at radius 2 is 1.93 bits per heavy atom. The minimum atomic E-state index is 0.846. The smallest absolute Gasteiger partial charge is 0.131 e. The lowest BCUT2D eigenvalue weighted by Gasteiger charge is -2.03. The van der Waals surface area contributed by atoms with Gasteiger partial charge in [0, 0.05) is 17.8 Å². The molecule has 2 nitrogen and oxygen atoms in total. The molecule has 0 aromatic heterocycles. The van der Waals surface area contributed by atoms with Crippen LogP contribution in [0.25, 0.3) is 0 Å². The summed E-state index contributed by atoms with van der Waals surface area (Å²) in [4.78, 5) is 0. The number of hydrogen-bond acceptors (Lipinski definition) is 2. The molecule has 0 spiro atoms. The van der Waals surface area contributed by atoms with Gasteiger partial charge in [-0.1, -0.05) is 32.0 Å². The molecule has 0 bridgehead atoms. The fourth-order valence-electron chi connectivity index (χ4n) is 1.19. The van der Waals surface area contributed by atoms with Gasteiger partial charge in [-0.3, -0.25) is 0 Å². The minimum Gasteiger partial charge on any atom is -0.463 e. The molecule has 0 amide bonds. The van der Waals surface area contributed by atoms with Crippen molar-refractivity contribution < 1.29 is 4.74 Å². The molecular weight excluding hydrogens is 174 g/mol. The zero-order valence-electron chi connectivity index (χ0n) is 9.00. The summed E-state index contributed by atoms with van der Waals surface area (Å²) >= 11 is 0. The molecule has 0 saturated heterocycles. The van der Waals surface area contributed by atoms with Gasteiger partial charge in [-0.2, -0.15) is 0 Å². The first-order valence-corrected chi connectivity index (χ1v) is 5.01. The fraction of sp³-hybridized carbons (Fsp3) is 0.333. The highest BCUT2D eigenvalue weighted by molar-refractivity contribution is 5.35. The van der Waals surface area contributed by atoms with Crippen LogP contribution >= 0.6 is 0 Å². The van der Waals surface area contributed by atoms with Crippen LogP contribution < -0.4 is 10.1 Å². The second-order valence-corrected chi connectivity index (χ2v) is 2.88. The molecular formula is C12H17NO. The lowest BCUT2D eigenvalue weighted by Crippen LogP contribution is -2.08. The Hall–Kier alpha value is -1.44. The second kappa shape index (κ2) is 5.32. The maximum absolute atomic E-state index is 5.44. The molecule has 1 aliphatic heterocycles. The molecule has 1 N–H and O–H groups in total. The normalized spacial score (nSPS) is 13.2. The fourth-order valence-corrected chi connectivity index (χ4v) is 1.19. The lowest BCUT2D eigenvalue weighted by molar-refractivity contribution is 0.475. The van der Waals surface area contributed by atoms with Crippen LogP contribution in [0.4, 0.5) is 0 Å². The van der Waals surface area contributed by atoms with E-state index in [0.717, 1.165) is 18.0 Å². The van der Waals surface area contributed by atoms with Gasteiger partial charge in [0.25, 0.3) is 0 Å². The Morgan fingerprint density at radius 1 is 1.21 bits per heavy atom. The molecule has 2 heteroatoms. The third-order valence-electron chi connectivity index (χ3n) is 1.89. The Bertz CT molecular complexity index is 318. The van der Waals surface area contributed by atoms with Crippen molar-refractivity contribution in [3.8, 4) is 5.75 Å². The van der Waals surface area contributed by atoms with E-state index < -0.39 is 0 Å². The van der Waals surface area contributed by atoms with E-state index in [9.17, 15) is 0 Å². The van der Waals surface area contributed by atoms with E-state index in [4.69, 9.17) is 4.74 Å². The van der Waals surface area contributed by atoms with Crippen molar-refractivity contribution >= 4 is 0 Å². The number of nitrogens with one attached hydrogen (secondary N) is 1. The largest absolute Gasteiger partial charge is 0.463 e. The third kappa shape index (κ3) is 2.52. The van der Waals surface area contributed by atoms with Gasteiger partial charge in [0.05, 0.1) is 0 Å². The molecule has 1 aromatic carbocycles. The van der Waals surface area contributed by atoms with Crippen molar-refractivity contribution in [3.05, 3.63) is 41.8 Å². The summed E-state index contributed by atoms with van der Waals surface area (Å²) in [6.07, 6.45) is 1.74. The van der Waals surface area contributed by atoms with E-state index in [2.05, 4.69) is 11.4 Å². The van der Waals surface area contributed by atoms with Crippen LogP contribution in [0.1, 0.15) is 26.3 Å². The van der Waals surface area contributed by atoms with Gasteiger partial charge in [0.1, 0.15) is 12.0 Å².